The predicted octanol–water partition coefficient (Wildman–Crippen LogP) is 0.877. The zero-order valence-corrected chi connectivity index (χ0v) is 15.7. The number of nitrogens with one attached hydrogen (secondary N) is 1. The molecule has 1 aliphatic rings. The van der Waals surface area contributed by atoms with E-state index in [4.69, 9.17) is 5.73 Å². The van der Waals surface area contributed by atoms with Gasteiger partial charge in [0, 0.05) is 25.2 Å². The highest BCUT2D eigenvalue weighted by Crippen LogP contribution is 2.28. The Balaban J connectivity index is 2.26. The standard InChI is InChI=1S/C15H25N3O4S2/c1-3-18(4-2)24(21,22)14-8-5-7-13(11-14)23(19,20)17-12-15(16)9-6-10-15/h5,7-8,11,17H,3-4,6,9-10,12,16H2,1-2H3. The summed E-state index contributed by atoms with van der Waals surface area (Å²) in [6.45, 7) is 4.28. The maximum Gasteiger partial charge on any atom is 0.243 e. The van der Waals surface area contributed by atoms with E-state index in [1.165, 1.54) is 28.6 Å². The van der Waals surface area contributed by atoms with Crippen molar-refractivity contribution in [2.45, 2.75) is 48.4 Å². The summed E-state index contributed by atoms with van der Waals surface area (Å²) in [7, 11) is -7.51. The van der Waals surface area contributed by atoms with Crippen LogP contribution in [-0.4, -0.2) is 46.3 Å². The molecular formula is C15H25N3O4S2. The van der Waals surface area contributed by atoms with E-state index < -0.39 is 25.6 Å². The monoisotopic (exact) mass is 375 g/mol. The minimum Gasteiger partial charge on any atom is -0.324 e. The number of rotatable bonds is 8. The van der Waals surface area contributed by atoms with Gasteiger partial charge in [0.25, 0.3) is 0 Å². The average molecular weight is 376 g/mol. The SMILES string of the molecule is CCN(CC)S(=O)(=O)c1cccc(S(=O)(=O)NCC2(N)CCC2)c1. The minimum atomic E-state index is -3.80. The summed E-state index contributed by atoms with van der Waals surface area (Å²) in [4.78, 5) is -0.0983. The first-order valence-electron chi connectivity index (χ1n) is 8.03. The first-order chi connectivity index (χ1) is 11.1. The third kappa shape index (κ3) is 3.97. The van der Waals surface area contributed by atoms with E-state index in [9.17, 15) is 16.8 Å². The second-order valence-corrected chi connectivity index (χ2v) is 9.81. The predicted molar refractivity (Wildman–Crippen MR) is 92.5 cm³/mol. The molecule has 0 aromatic heterocycles. The molecule has 9 heteroatoms. The maximum absolute atomic E-state index is 12.5. The van der Waals surface area contributed by atoms with Gasteiger partial charge in [-0.1, -0.05) is 19.9 Å². The maximum atomic E-state index is 12.5. The zero-order valence-electron chi connectivity index (χ0n) is 14.0. The topological polar surface area (TPSA) is 110 Å². The molecule has 1 aliphatic carbocycles. The van der Waals surface area contributed by atoms with Crippen molar-refractivity contribution >= 4 is 20.0 Å². The van der Waals surface area contributed by atoms with E-state index in [0.29, 0.717) is 13.1 Å². The normalized spacial score (nSPS) is 17.7. The number of hydrogen-bond acceptors (Lipinski definition) is 5. The summed E-state index contributed by atoms with van der Waals surface area (Å²) in [5, 5.41) is 0. The van der Waals surface area contributed by atoms with Gasteiger partial charge in [-0.3, -0.25) is 0 Å². The van der Waals surface area contributed by atoms with E-state index in [-0.39, 0.29) is 16.3 Å². The summed E-state index contributed by atoms with van der Waals surface area (Å²) in [6, 6.07) is 5.42. The number of nitrogens with two attached hydrogens (primary N) is 1. The molecule has 0 aliphatic heterocycles. The molecule has 2 rings (SSSR count). The highest BCUT2D eigenvalue weighted by Gasteiger charge is 2.34. The van der Waals surface area contributed by atoms with Crippen LogP contribution in [0.3, 0.4) is 0 Å². The van der Waals surface area contributed by atoms with Gasteiger partial charge in [0.2, 0.25) is 20.0 Å². The van der Waals surface area contributed by atoms with Crippen LogP contribution < -0.4 is 10.5 Å². The Morgan fingerprint density at radius 2 is 1.71 bits per heavy atom. The van der Waals surface area contributed by atoms with Crippen LogP contribution in [0.2, 0.25) is 0 Å². The van der Waals surface area contributed by atoms with Crippen LogP contribution in [0.15, 0.2) is 34.1 Å². The Hall–Kier alpha value is -1.00. The Morgan fingerprint density at radius 1 is 1.12 bits per heavy atom. The summed E-state index contributed by atoms with van der Waals surface area (Å²) in [5.41, 5.74) is 5.55. The number of sulfonamides is 2. The zero-order chi connectivity index (χ0) is 18.0. The van der Waals surface area contributed by atoms with Gasteiger partial charge in [-0.15, -0.1) is 0 Å². The highest BCUT2D eigenvalue weighted by molar-refractivity contribution is 7.90. The fourth-order valence-corrected chi connectivity index (χ4v) is 5.41. The van der Waals surface area contributed by atoms with Crippen LogP contribution >= 0.6 is 0 Å². The molecule has 1 aromatic rings. The first-order valence-corrected chi connectivity index (χ1v) is 11.0. The Morgan fingerprint density at radius 3 is 2.21 bits per heavy atom. The summed E-state index contributed by atoms with van der Waals surface area (Å²) < 4.78 is 53.7. The second kappa shape index (κ2) is 7.09. The lowest BCUT2D eigenvalue weighted by atomic mass is 9.78. The van der Waals surface area contributed by atoms with E-state index >= 15 is 0 Å². The molecule has 0 radical (unpaired) electrons. The average Bonchev–Trinajstić information content (AvgIpc) is 2.52. The highest BCUT2D eigenvalue weighted by atomic mass is 32.2. The van der Waals surface area contributed by atoms with Crippen molar-refractivity contribution in [3.63, 3.8) is 0 Å². The van der Waals surface area contributed by atoms with Crippen molar-refractivity contribution in [3.8, 4) is 0 Å². The van der Waals surface area contributed by atoms with Crippen molar-refractivity contribution < 1.29 is 16.8 Å². The molecule has 1 saturated carbocycles. The van der Waals surface area contributed by atoms with Gasteiger partial charge in [0.15, 0.2) is 0 Å². The molecule has 0 saturated heterocycles. The van der Waals surface area contributed by atoms with E-state index in [0.717, 1.165) is 19.3 Å². The number of hydrogen-bond donors (Lipinski definition) is 2. The summed E-state index contributed by atoms with van der Waals surface area (Å²) in [5.74, 6) is 0. The van der Waals surface area contributed by atoms with Crippen molar-refractivity contribution in [2.24, 2.45) is 5.73 Å². The third-order valence-electron chi connectivity index (χ3n) is 4.42. The summed E-state index contributed by atoms with van der Waals surface area (Å²) >= 11 is 0. The molecule has 0 heterocycles. The lowest BCUT2D eigenvalue weighted by Gasteiger charge is -2.38. The van der Waals surface area contributed by atoms with Crippen molar-refractivity contribution in [3.05, 3.63) is 24.3 Å². The molecule has 3 N–H and O–H groups in total. The number of benzene rings is 1. The van der Waals surface area contributed by atoms with Crippen molar-refractivity contribution in [1.82, 2.24) is 9.03 Å². The molecule has 0 atom stereocenters. The smallest absolute Gasteiger partial charge is 0.243 e. The molecule has 0 amide bonds. The number of nitrogens with zero attached hydrogens (tertiary/aromatic N) is 1. The lowest BCUT2D eigenvalue weighted by Crippen LogP contribution is -2.54. The quantitative estimate of drug-likeness (QED) is 0.701. The summed E-state index contributed by atoms with van der Waals surface area (Å²) in [6.07, 6.45) is 2.56. The molecule has 24 heavy (non-hydrogen) atoms. The van der Waals surface area contributed by atoms with Gasteiger partial charge in [-0.25, -0.2) is 21.6 Å². The second-order valence-electron chi connectivity index (χ2n) is 6.10. The fraction of sp³-hybridized carbons (Fsp3) is 0.600. The molecule has 1 fully saturated rings. The van der Waals surface area contributed by atoms with Gasteiger partial charge >= 0.3 is 0 Å². The molecule has 0 spiro atoms. The minimum absolute atomic E-state index is 0.0276. The van der Waals surface area contributed by atoms with Crippen LogP contribution in [0.4, 0.5) is 0 Å². The Kier molecular flexibility index (Phi) is 5.71. The van der Waals surface area contributed by atoms with Crippen LogP contribution in [0.5, 0.6) is 0 Å². The van der Waals surface area contributed by atoms with Crippen LogP contribution in [0, 0.1) is 0 Å². The molecule has 1 aromatic carbocycles. The van der Waals surface area contributed by atoms with Gasteiger partial charge in [-0.05, 0) is 37.5 Å². The van der Waals surface area contributed by atoms with Crippen LogP contribution in [0.25, 0.3) is 0 Å². The molecule has 136 valence electrons. The van der Waals surface area contributed by atoms with Crippen LogP contribution in [-0.2, 0) is 20.0 Å². The van der Waals surface area contributed by atoms with Gasteiger partial charge in [-0.2, -0.15) is 4.31 Å². The molecule has 0 unspecified atom stereocenters. The third-order valence-corrected chi connectivity index (χ3v) is 7.87. The molecule has 7 nitrogen and oxygen atoms in total. The van der Waals surface area contributed by atoms with Gasteiger partial charge in [0.1, 0.15) is 0 Å². The van der Waals surface area contributed by atoms with Crippen molar-refractivity contribution in [2.75, 3.05) is 19.6 Å². The van der Waals surface area contributed by atoms with Crippen molar-refractivity contribution in [1.29, 1.82) is 0 Å². The first kappa shape index (κ1) is 19.3. The van der Waals surface area contributed by atoms with E-state index in [1.54, 1.807) is 13.8 Å². The molecule has 0 bridgehead atoms. The van der Waals surface area contributed by atoms with Crippen LogP contribution in [0.1, 0.15) is 33.1 Å². The van der Waals surface area contributed by atoms with Gasteiger partial charge < -0.3 is 5.73 Å². The fourth-order valence-electron chi connectivity index (χ4n) is 2.64. The lowest BCUT2D eigenvalue weighted by molar-refractivity contribution is 0.251. The van der Waals surface area contributed by atoms with E-state index in [1.807, 2.05) is 0 Å². The van der Waals surface area contributed by atoms with Gasteiger partial charge in [0.05, 0.1) is 9.79 Å². The largest absolute Gasteiger partial charge is 0.324 e. The Labute approximate surface area is 144 Å². The van der Waals surface area contributed by atoms with E-state index in [2.05, 4.69) is 4.72 Å². The molecular weight excluding hydrogens is 350 g/mol. The Bertz CT molecular complexity index is 783.